The molecule has 3 rings (SSSR count). The van der Waals surface area contributed by atoms with Gasteiger partial charge in [0.2, 0.25) is 5.91 Å². The molecule has 0 aliphatic rings. The first-order valence-corrected chi connectivity index (χ1v) is 9.32. The molecule has 0 saturated heterocycles. The van der Waals surface area contributed by atoms with Gasteiger partial charge in [0.1, 0.15) is 0 Å². The second-order valence-corrected chi connectivity index (χ2v) is 7.46. The Morgan fingerprint density at radius 2 is 1.85 bits per heavy atom. The number of ketones is 1. The smallest absolute Gasteiger partial charge is 0.257 e. The van der Waals surface area contributed by atoms with Crippen LogP contribution in [0.3, 0.4) is 0 Å². The lowest BCUT2D eigenvalue weighted by atomic mass is 10.1. The van der Waals surface area contributed by atoms with E-state index in [1.165, 1.54) is 31.2 Å². The third-order valence-electron chi connectivity index (χ3n) is 3.90. The molecule has 7 nitrogen and oxygen atoms in total. The van der Waals surface area contributed by atoms with Crippen molar-refractivity contribution < 1.29 is 18.0 Å². The number of nitrogens with one attached hydrogen (secondary N) is 3. The number of aromatic amines is 1. The molecule has 0 aliphatic heterocycles. The van der Waals surface area contributed by atoms with E-state index in [0.29, 0.717) is 0 Å². The van der Waals surface area contributed by atoms with Crippen LogP contribution >= 0.6 is 0 Å². The molecule has 0 bridgehead atoms. The average Bonchev–Trinajstić information content (AvgIpc) is 3.03. The molecular formula is C18H17N3O4S. The van der Waals surface area contributed by atoms with Crippen LogP contribution in [0.5, 0.6) is 0 Å². The number of hydrazine groups is 1. The number of carbonyl (C=O) groups is 2. The molecule has 2 aromatic carbocycles. The zero-order valence-electron chi connectivity index (χ0n) is 13.9. The third kappa shape index (κ3) is 3.81. The normalized spacial score (nSPS) is 11.4. The Morgan fingerprint density at radius 3 is 2.62 bits per heavy atom. The quantitative estimate of drug-likeness (QED) is 0.454. The van der Waals surface area contributed by atoms with Crippen LogP contribution in [-0.4, -0.2) is 25.1 Å². The van der Waals surface area contributed by atoms with E-state index in [-0.39, 0.29) is 22.7 Å². The third-order valence-corrected chi connectivity index (χ3v) is 5.15. The lowest BCUT2D eigenvalue weighted by molar-refractivity contribution is -0.120. The van der Waals surface area contributed by atoms with E-state index in [9.17, 15) is 18.0 Å². The summed E-state index contributed by atoms with van der Waals surface area (Å²) in [5.41, 5.74) is 4.13. The number of H-pyrrole nitrogens is 1. The summed E-state index contributed by atoms with van der Waals surface area (Å²) in [5.74, 6) is -0.744. The van der Waals surface area contributed by atoms with Gasteiger partial charge in [-0.15, -0.1) is 4.83 Å². The Morgan fingerprint density at radius 1 is 1.08 bits per heavy atom. The molecule has 0 spiro atoms. The van der Waals surface area contributed by atoms with E-state index in [1.807, 2.05) is 24.3 Å². The van der Waals surface area contributed by atoms with Crippen LogP contribution in [0.25, 0.3) is 10.9 Å². The molecule has 0 aliphatic carbocycles. The van der Waals surface area contributed by atoms with Crippen molar-refractivity contribution in [2.75, 3.05) is 0 Å². The van der Waals surface area contributed by atoms with Crippen LogP contribution in [0.4, 0.5) is 0 Å². The first kappa shape index (κ1) is 17.8. The number of para-hydroxylation sites is 1. The number of carbonyl (C=O) groups excluding carboxylic acids is 2. The molecule has 0 atom stereocenters. The highest BCUT2D eigenvalue weighted by atomic mass is 32.2. The predicted molar refractivity (Wildman–Crippen MR) is 96.9 cm³/mol. The second-order valence-electron chi connectivity index (χ2n) is 5.77. The summed E-state index contributed by atoms with van der Waals surface area (Å²) in [5, 5.41) is 0.902. The predicted octanol–water partition coefficient (Wildman–Crippen LogP) is 1.92. The van der Waals surface area contributed by atoms with Crippen LogP contribution in [0, 0.1) is 0 Å². The fraction of sp³-hybridized carbons (Fsp3) is 0.111. The maximum Gasteiger partial charge on any atom is 0.257 e. The van der Waals surface area contributed by atoms with E-state index < -0.39 is 15.9 Å². The minimum atomic E-state index is -3.97. The molecule has 8 heteroatoms. The summed E-state index contributed by atoms with van der Waals surface area (Å²) in [4.78, 5) is 28.5. The summed E-state index contributed by atoms with van der Waals surface area (Å²) >= 11 is 0. The van der Waals surface area contributed by atoms with E-state index in [4.69, 9.17) is 0 Å². The maximum atomic E-state index is 12.3. The SMILES string of the molecule is CC(=O)c1cccc(S(=O)(=O)NNC(=O)Cc2c[nH]c3ccccc23)c1. The highest BCUT2D eigenvalue weighted by molar-refractivity contribution is 7.89. The lowest BCUT2D eigenvalue weighted by Gasteiger charge is -2.09. The van der Waals surface area contributed by atoms with E-state index >= 15 is 0 Å². The lowest BCUT2D eigenvalue weighted by Crippen LogP contribution is -2.42. The van der Waals surface area contributed by atoms with E-state index in [1.54, 1.807) is 6.20 Å². The molecule has 1 aromatic heterocycles. The number of sulfonamides is 1. The minimum Gasteiger partial charge on any atom is -0.361 e. The van der Waals surface area contributed by atoms with E-state index in [2.05, 4.69) is 15.2 Å². The Kier molecular flexibility index (Phi) is 4.88. The van der Waals surface area contributed by atoms with Crippen LogP contribution in [0.1, 0.15) is 22.8 Å². The molecule has 0 fully saturated rings. The van der Waals surface area contributed by atoms with Crippen molar-refractivity contribution in [2.24, 2.45) is 0 Å². The number of hydrogen-bond donors (Lipinski definition) is 3. The molecule has 1 amide bonds. The monoisotopic (exact) mass is 371 g/mol. The molecule has 1 heterocycles. The summed E-state index contributed by atoms with van der Waals surface area (Å²) in [6, 6.07) is 13.1. The van der Waals surface area contributed by atoms with Crippen molar-refractivity contribution in [1.82, 2.24) is 15.2 Å². The van der Waals surface area contributed by atoms with Gasteiger partial charge in [-0.05, 0) is 30.7 Å². The van der Waals surface area contributed by atoms with Crippen molar-refractivity contribution in [1.29, 1.82) is 0 Å². The Bertz CT molecular complexity index is 1090. The minimum absolute atomic E-state index is 0.0139. The number of fused-ring (bicyclic) bond motifs is 1. The Balaban J connectivity index is 1.68. The molecule has 3 aromatic rings. The van der Waals surface area contributed by atoms with Crippen molar-refractivity contribution in [3.8, 4) is 0 Å². The first-order valence-electron chi connectivity index (χ1n) is 7.83. The highest BCUT2D eigenvalue weighted by Gasteiger charge is 2.17. The molecule has 26 heavy (non-hydrogen) atoms. The van der Waals surface area contributed by atoms with Gasteiger partial charge in [0.15, 0.2) is 5.78 Å². The van der Waals surface area contributed by atoms with Gasteiger partial charge in [0.25, 0.3) is 10.0 Å². The van der Waals surface area contributed by atoms with Crippen LogP contribution in [0.2, 0.25) is 0 Å². The molecule has 0 unspecified atom stereocenters. The Labute approximate surface area is 150 Å². The summed E-state index contributed by atoms with van der Waals surface area (Å²) in [6.07, 6.45) is 1.73. The molecular weight excluding hydrogens is 354 g/mol. The van der Waals surface area contributed by atoms with Gasteiger partial charge in [-0.2, -0.15) is 0 Å². The standard InChI is InChI=1S/C18H17N3O4S/c1-12(22)13-5-4-6-15(9-13)26(24,25)21-20-18(23)10-14-11-19-17-8-3-2-7-16(14)17/h2-9,11,19,21H,10H2,1H3,(H,20,23). The zero-order valence-corrected chi connectivity index (χ0v) is 14.8. The summed E-state index contributed by atoms with van der Waals surface area (Å²) < 4.78 is 24.6. The average molecular weight is 371 g/mol. The first-order chi connectivity index (χ1) is 12.4. The summed E-state index contributed by atoms with van der Waals surface area (Å²) in [6.45, 7) is 1.35. The van der Waals surface area contributed by atoms with Crippen LogP contribution in [-0.2, 0) is 21.2 Å². The van der Waals surface area contributed by atoms with Crippen molar-refractivity contribution in [3.05, 3.63) is 65.9 Å². The van der Waals surface area contributed by atoms with Gasteiger partial charge < -0.3 is 4.98 Å². The highest BCUT2D eigenvalue weighted by Crippen LogP contribution is 2.18. The van der Waals surface area contributed by atoms with Gasteiger partial charge in [-0.1, -0.05) is 30.3 Å². The van der Waals surface area contributed by atoms with Crippen molar-refractivity contribution in [3.63, 3.8) is 0 Å². The fourth-order valence-electron chi connectivity index (χ4n) is 2.56. The number of amides is 1. The van der Waals surface area contributed by atoms with Gasteiger partial charge in [0, 0.05) is 22.7 Å². The van der Waals surface area contributed by atoms with Crippen molar-refractivity contribution >= 4 is 32.6 Å². The van der Waals surface area contributed by atoms with E-state index in [0.717, 1.165) is 16.5 Å². The van der Waals surface area contributed by atoms with Gasteiger partial charge in [0.05, 0.1) is 11.3 Å². The van der Waals surface area contributed by atoms with Gasteiger partial charge in [-0.25, -0.2) is 8.42 Å². The number of Topliss-reactive ketones (excluding diaryl/α,β-unsaturated/α-hetero) is 1. The molecule has 0 saturated carbocycles. The molecule has 0 radical (unpaired) electrons. The number of rotatable bonds is 6. The number of hydrogen-bond acceptors (Lipinski definition) is 4. The van der Waals surface area contributed by atoms with Gasteiger partial charge in [-0.3, -0.25) is 15.0 Å². The fourth-order valence-corrected chi connectivity index (χ4v) is 3.47. The zero-order chi connectivity index (χ0) is 18.7. The van der Waals surface area contributed by atoms with Gasteiger partial charge >= 0.3 is 0 Å². The molecule has 3 N–H and O–H groups in total. The second kappa shape index (κ2) is 7.11. The molecule has 134 valence electrons. The topological polar surface area (TPSA) is 108 Å². The maximum absolute atomic E-state index is 12.3. The number of benzene rings is 2. The van der Waals surface area contributed by atoms with Crippen molar-refractivity contribution in [2.45, 2.75) is 18.2 Å². The number of aromatic nitrogens is 1. The Hall–Kier alpha value is -2.97. The summed E-state index contributed by atoms with van der Waals surface area (Å²) in [7, 11) is -3.97. The van der Waals surface area contributed by atoms with Crippen LogP contribution < -0.4 is 10.3 Å². The van der Waals surface area contributed by atoms with Crippen LogP contribution in [0.15, 0.2) is 59.6 Å². The largest absolute Gasteiger partial charge is 0.361 e.